The molecule has 35 heavy (non-hydrogen) atoms. The number of benzene rings is 1. The third kappa shape index (κ3) is 8.36. The quantitative estimate of drug-likeness (QED) is 0.346. The van der Waals surface area contributed by atoms with E-state index >= 15 is 0 Å². The predicted octanol–water partition coefficient (Wildman–Crippen LogP) is 4.24. The van der Waals surface area contributed by atoms with Crippen molar-refractivity contribution in [1.29, 1.82) is 0 Å². The molecule has 0 fully saturated rings. The first kappa shape index (κ1) is 25.6. The summed E-state index contributed by atoms with van der Waals surface area (Å²) in [5, 5.41) is 12.0. The van der Waals surface area contributed by atoms with Gasteiger partial charge in [-0.05, 0) is 43.2 Å². The van der Waals surface area contributed by atoms with Crippen LogP contribution in [0.2, 0.25) is 0 Å². The number of rotatable bonds is 11. The van der Waals surface area contributed by atoms with Crippen molar-refractivity contribution in [3.63, 3.8) is 0 Å². The van der Waals surface area contributed by atoms with Crippen molar-refractivity contribution in [1.82, 2.24) is 24.6 Å². The highest BCUT2D eigenvalue weighted by molar-refractivity contribution is 5.99. The molecule has 0 atom stereocenters. The van der Waals surface area contributed by atoms with Gasteiger partial charge >= 0.3 is 12.4 Å². The lowest BCUT2D eigenvalue weighted by atomic mass is 10.3. The van der Waals surface area contributed by atoms with Crippen LogP contribution in [0, 0.1) is 0 Å². The highest BCUT2D eigenvalue weighted by Crippen LogP contribution is 2.24. The molecule has 0 unspecified atom stereocenters. The number of aromatic nitrogens is 4. The summed E-state index contributed by atoms with van der Waals surface area (Å²) < 4.78 is 44.0. The van der Waals surface area contributed by atoms with Gasteiger partial charge in [0.25, 0.3) is 5.91 Å². The number of unbranched alkanes of at least 4 members (excludes halogenated alkanes) is 1. The average Bonchev–Trinajstić information content (AvgIpc) is 3.45. The Labute approximate surface area is 199 Å². The molecular formula is C22H26F3N7O3. The summed E-state index contributed by atoms with van der Waals surface area (Å²) in [6, 6.07) is 5.85. The number of urea groups is 1. The van der Waals surface area contributed by atoms with Crippen LogP contribution in [0.15, 0.2) is 48.9 Å². The Hall–Kier alpha value is -4.03. The second kappa shape index (κ2) is 11.9. The van der Waals surface area contributed by atoms with Crippen molar-refractivity contribution < 1.29 is 27.5 Å². The smallest absolute Gasteiger partial charge is 0.406 e. The molecule has 3 aromatic rings. The molecule has 13 heteroatoms. The maximum absolute atomic E-state index is 12.7. The maximum Gasteiger partial charge on any atom is 0.573 e. The normalized spacial score (nSPS) is 11.2. The number of carbonyl (C=O) groups is 2. The Bertz CT molecular complexity index is 1100. The third-order valence-corrected chi connectivity index (χ3v) is 4.73. The van der Waals surface area contributed by atoms with Crippen molar-refractivity contribution in [2.75, 3.05) is 17.2 Å². The molecule has 3 rings (SSSR count). The number of ether oxygens (including phenoxy) is 1. The first-order valence-corrected chi connectivity index (χ1v) is 11.0. The lowest BCUT2D eigenvalue weighted by Gasteiger charge is -2.10. The van der Waals surface area contributed by atoms with Gasteiger partial charge in [-0.1, -0.05) is 13.3 Å². The van der Waals surface area contributed by atoms with E-state index in [2.05, 4.69) is 30.8 Å². The van der Waals surface area contributed by atoms with Crippen molar-refractivity contribution in [3.05, 3.63) is 54.7 Å². The lowest BCUT2D eigenvalue weighted by Crippen LogP contribution is -2.28. The first-order valence-electron chi connectivity index (χ1n) is 11.0. The topological polar surface area (TPSA) is 115 Å². The number of carbonyl (C=O) groups excluding carboxylic acids is 2. The zero-order valence-corrected chi connectivity index (χ0v) is 19.0. The van der Waals surface area contributed by atoms with E-state index in [0.717, 1.165) is 25.0 Å². The van der Waals surface area contributed by atoms with Gasteiger partial charge in [0.1, 0.15) is 5.75 Å². The molecule has 0 bridgehead atoms. The summed E-state index contributed by atoms with van der Waals surface area (Å²) in [5.74, 6) is -0.438. The lowest BCUT2D eigenvalue weighted by molar-refractivity contribution is -0.274. The number of halogens is 3. The van der Waals surface area contributed by atoms with Gasteiger partial charge in [0.2, 0.25) is 5.82 Å². The monoisotopic (exact) mass is 493 g/mol. The second-order valence-electron chi connectivity index (χ2n) is 7.53. The number of hydrogen-bond acceptors (Lipinski definition) is 5. The molecular weight excluding hydrogens is 467 g/mol. The minimum Gasteiger partial charge on any atom is -0.406 e. The van der Waals surface area contributed by atoms with Crippen LogP contribution in [0.5, 0.6) is 5.75 Å². The van der Waals surface area contributed by atoms with Gasteiger partial charge in [-0.25, -0.2) is 9.78 Å². The number of hydrogen-bond donors (Lipinski definition) is 3. The van der Waals surface area contributed by atoms with Crippen LogP contribution in [0.25, 0.3) is 0 Å². The number of nitrogens with zero attached hydrogens (tertiary/aromatic N) is 4. The van der Waals surface area contributed by atoms with Gasteiger partial charge in [-0.2, -0.15) is 5.10 Å². The van der Waals surface area contributed by atoms with Gasteiger partial charge in [0.05, 0.1) is 0 Å². The highest BCUT2D eigenvalue weighted by atomic mass is 19.4. The molecule has 3 amide bonds. The van der Waals surface area contributed by atoms with E-state index < -0.39 is 18.1 Å². The molecule has 0 aliphatic heterocycles. The van der Waals surface area contributed by atoms with E-state index in [1.54, 1.807) is 21.6 Å². The van der Waals surface area contributed by atoms with Crippen LogP contribution < -0.4 is 20.7 Å². The van der Waals surface area contributed by atoms with Crippen molar-refractivity contribution in [2.24, 2.45) is 0 Å². The summed E-state index contributed by atoms with van der Waals surface area (Å²) in [5.41, 5.74) is 0.248. The summed E-state index contributed by atoms with van der Waals surface area (Å²) in [7, 11) is 0. The Morgan fingerprint density at radius 2 is 1.86 bits per heavy atom. The molecule has 1 aromatic carbocycles. The van der Waals surface area contributed by atoms with Crippen molar-refractivity contribution in [3.8, 4) is 5.75 Å². The highest BCUT2D eigenvalue weighted by Gasteiger charge is 2.31. The molecule has 0 aliphatic carbocycles. The molecule has 2 heterocycles. The molecule has 0 saturated heterocycles. The van der Waals surface area contributed by atoms with E-state index in [0.29, 0.717) is 26.1 Å². The summed E-state index contributed by atoms with van der Waals surface area (Å²) in [6.45, 7) is 3.65. The molecule has 10 nitrogen and oxygen atoms in total. The zero-order chi connectivity index (χ0) is 25.3. The molecule has 0 aliphatic rings. The van der Waals surface area contributed by atoms with E-state index in [1.807, 2.05) is 19.2 Å². The van der Waals surface area contributed by atoms with Crippen LogP contribution >= 0.6 is 0 Å². The fourth-order valence-electron chi connectivity index (χ4n) is 3.13. The summed E-state index contributed by atoms with van der Waals surface area (Å²) in [6.07, 6.45) is 2.69. The second-order valence-corrected chi connectivity index (χ2v) is 7.53. The van der Waals surface area contributed by atoms with Crippen molar-refractivity contribution in [2.45, 2.75) is 45.6 Å². The first-order chi connectivity index (χ1) is 16.7. The van der Waals surface area contributed by atoms with Crippen LogP contribution in [0.1, 0.15) is 36.8 Å². The predicted molar refractivity (Wildman–Crippen MR) is 122 cm³/mol. The number of aryl methyl sites for hydroxylation is 2. The van der Waals surface area contributed by atoms with E-state index in [-0.39, 0.29) is 23.2 Å². The zero-order valence-electron chi connectivity index (χ0n) is 19.0. The molecule has 188 valence electrons. The molecule has 0 saturated carbocycles. The van der Waals surface area contributed by atoms with E-state index in [1.165, 1.54) is 12.1 Å². The number of alkyl halides is 3. The minimum atomic E-state index is -4.80. The standard InChI is InChI=1S/C22H26F3N7O3/c1-2-3-12-31-15-18(29-19(31)20(33)26-10-4-13-32-14-5-11-27-32)30-21(34)28-16-6-8-17(9-7-16)35-22(23,24)25/h5-9,11,14-15H,2-4,10,12-13H2,1H3,(H,26,33)(H2,28,30,34). The van der Waals surface area contributed by atoms with Gasteiger partial charge in [-0.15, -0.1) is 13.2 Å². The van der Waals surface area contributed by atoms with E-state index in [4.69, 9.17) is 0 Å². The largest absolute Gasteiger partial charge is 0.573 e. The van der Waals surface area contributed by atoms with Crippen LogP contribution in [-0.4, -0.2) is 44.2 Å². The molecule has 3 N–H and O–H groups in total. The average molecular weight is 493 g/mol. The van der Waals surface area contributed by atoms with Gasteiger partial charge in [0.15, 0.2) is 5.82 Å². The summed E-state index contributed by atoms with van der Waals surface area (Å²) >= 11 is 0. The SMILES string of the molecule is CCCCn1cc(NC(=O)Nc2ccc(OC(F)(F)F)cc2)nc1C(=O)NCCCn1cccn1. The number of anilines is 2. The minimum absolute atomic E-state index is 0.164. The number of amides is 3. The van der Waals surface area contributed by atoms with Gasteiger partial charge < -0.3 is 19.9 Å². The maximum atomic E-state index is 12.7. The fraction of sp³-hybridized carbons (Fsp3) is 0.364. The summed E-state index contributed by atoms with van der Waals surface area (Å²) in [4.78, 5) is 29.2. The van der Waals surface area contributed by atoms with Crippen LogP contribution in [0.3, 0.4) is 0 Å². The number of nitrogens with one attached hydrogen (secondary N) is 3. The Kier molecular flexibility index (Phi) is 8.70. The number of imidazole rings is 1. The third-order valence-electron chi connectivity index (χ3n) is 4.73. The van der Waals surface area contributed by atoms with Crippen LogP contribution in [0.4, 0.5) is 29.5 Å². The Balaban J connectivity index is 1.57. The molecule has 0 spiro atoms. The van der Waals surface area contributed by atoms with Crippen LogP contribution in [-0.2, 0) is 13.1 Å². The molecule has 2 aromatic heterocycles. The molecule has 0 radical (unpaired) electrons. The Morgan fingerprint density at radius 3 is 2.51 bits per heavy atom. The van der Waals surface area contributed by atoms with Gasteiger partial charge in [0, 0.05) is 43.9 Å². The Morgan fingerprint density at radius 1 is 1.09 bits per heavy atom. The van der Waals surface area contributed by atoms with Crippen molar-refractivity contribution >= 4 is 23.4 Å². The van der Waals surface area contributed by atoms with E-state index in [9.17, 15) is 22.8 Å². The van der Waals surface area contributed by atoms with Gasteiger partial charge in [-0.3, -0.25) is 14.8 Å². The fourth-order valence-corrected chi connectivity index (χ4v) is 3.13.